The first-order valence-electron chi connectivity index (χ1n) is 5.61. The molecule has 0 spiro atoms. The zero-order valence-corrected chi connectivity index (χ0v) is 10.9. The topological polar surface area (TPSA) is 27.0 Å². The Bertz CT molecular complexity index is 536. The van der Waals surface area contributed by atoms with Gasteiger partial charge in [0, 0.05) is 16.3 Å². The first kappa shape index (κ1) is 11.0. The lowest BCUT2D eigenvalue weighted by Crippen LogP contribution is -2.35. The van der Waals surface area contributed by atoms with Crippen molar-refractivity contribution in [3.8, 4) is 6.07 Å². The zero-order chi connectivity index (χ0) is 11.7. The summed E-state index contributed by atoms with van der Waals surface area (Å²) in [6.45, 7) is 1.50. The molecule has 1 unspecified atom stereocenters. The van der Waals surface area contributed by atoms with Gasteiger partial charge in [-0.05, 0) is 34.9 Å². The fraction of sp³-hybridized carbons (Fsp3) is 0.308. The lowest BCUT2D eigenvalue weighted by Gasteiger charge is -2.33. The van der Waals surface area contributed by atoms with Crippen molar-refractivity contribution in [2.75, 3.05) is 13.1 Å². The van der Waals surface area contributed by atoms with Crippen LogP contribution in [0.5, 0.6) is 0 Å². The molecule has 0 aliphatic carbocycles. The molecule has 0 amide bonds. The van der Waals surface area contributed by atoms with Gasteiger partial charge in [0.1, 0.15) is 0 Å². The van der Waals surface area contributed by atoms with Crippen molar-refractivity contribution in [2.24, 2.45) is 0 Å². The van der Waals surface area contributed by atoms with Crippen LogP contribution in [0.15, 0.2) is 29.0 Å². The van der Waals surface area contributed by atoms with Gasteiger partial charge in [-0.25, -0.2) is 0 Å². The average Bonchev–Trinajstić information content (AvgIpc) is 2.99. The SMILES string of the molecule is N#CCN1CCc2sccc2C1c1cccs1. The first-order valence-corrected chi connectivity index (χ1v) is 7.37. The van der Waals surface area contributed by atoms with Crippen LogP contribution in [0.1, 0.15) is 21.4 Å². The summed E-state index contributed by atoms with van der Waals surface area (Å²) in [5.74, 6) is 0. The number of thiophene rings is 2. The van der Waals surface area contributed by atoms with Gasteiger partial charge in [0.15, 0.2) is 0 Å². The van der Waals surface area contributed by atoms with Crippen molar-refractivity contribution in [1.29, 1.82) is 5.26 Å². The summed E-state index contributed by atoms with van der Waals surface area (Å²) < 4.78 is 0. The molecule has 1 aliphatic rings. The van der Waals surface area contributed by atoms with E-state index in [1.807, 2.05) is 11.3 Å². The van der Waals surface area contributed by atoms with Crippen LogP contribution in [0.4, 0.5) is 0 Å². The highest BCUT2D eigenvalue weighted by atomic mass is 32.1. The molecule has 0 saturated heterocycles. The van der Waals surface area contributed by atoms with E-state index in [4.69, 9.17) is 5.26 Å². The van der Waals surface area contributed by atoms with Gasteiger partial charge in [0.05, 0.1) is 18.7 Å². The fourth-order valence-corrected chi connectivity index (χ4v) is 4.19. The Hall–Kier alpha value is -1.15. The largest absolute Gasteiger partial charge is 0.278 e. The smallest absolute Gasteiger partial charge is 0.0873 e. The van der Waals surface area contributed by atoms with Crippen LogP contribution in [-0.2, 0) is 6.42 Å². The van der Waals surface area contributed by atoms with Crippen LogP contribution in [0.2, 0.25) is 0 Å². The molecule has 1 atom stereocenters. The van der Waals surface area contributed by atoms with E-state index >= 15 is 0 Å². The number of nitrogens with zero attached hydrogens (tertiary/aromatic N) is 2. The van der Waals surface area contributed by atoms with Gasteiger partial charge < -0.3 is 0 Å². The molecule has 0 saturated carbocycles. The summed E-state index contributed by atoms with van der Waals surface area (Å²) in [7, 11) is 0. The monoisotopic (exact) mass is 260 g/mol. The fourth-order valence-electron chi connectivity index (χ4n) is 2.41. The first-order chi connectivity index (χ1) is 8.40. The Kier molecular flexibility index (Phi) is 2.98. The van der Waals surface area contributed by atoms with Crippen molar-refractivity contribution in [2.45, 2.75) is 12.5 Å². The molecule has 1 aliphatic heterocycles. The molecule has 0 N–H and O–H groups in total. The van der Waals surface area contributed by atoms with Gasteiger partial charge in [-0.15, -0.1) is 22.7 Å². The highest BCUT2D eigenvalue weighted by Crippen LogP contribution is 2.38. The molecule has 17 heavy (non-hydrogen) atoms. The van der Waals surface area contributed by atoms with Crippen molar-refractivity contribution >= 4 is 22.7 Å². The van der Waals surface area contributed by atoms with Gasteiger partial charge in [-0.3, -0.25) is 4.90 Å². The second-order valence-electron chi connectivity index (χ2n) is 4.10. The lowest BCUT2D eigenvalue weighted by atomic mass is 9.99. The van der Waals surface area contributed by atoms with E-state index in [0.29, 0.717) is 12.6 Å². The predicted octanol–water partition coefficient (Wildman–Crippen LogP) is 3.28. The van der Waals surface area contributed by atoms with Crippen molar-refractivity contribution in [1.82, 2.24) is 4.90 Å². The number of fused-ring (bicyclic) bond motifs is 1. The van der Waals surface area contributed by atoms with Crippen molar-refractivity contribution in [3.63, 3.8) is 0 Å². The number of rotatable bonds is 2. The maximum Gasteiger partial charge on any atom is 0.0873 e. The molecule has 3 rings (SSSR count). The van der Waals surface area contributed by atoms with Gasteiger partial charge in [0.2, 0.25) is 0 Å². The Balaban J connectivity index is 2.04. The molecule has 0 aromatic carbocycles. The maximum absolute atomic E-state index is 8.95. The van der Waals surface area contributed by atoms with Crippen LogP contribution in [0.25, 0.3) is 0 Å². The molecular weight excluding hydrogens is 248 g/mol. The second kappa shape index (κ2) is 4.61. The van der Waals surface area contributed by atoms with Gasteiger partial charge in [-0.1, -0.05) is 6.07 Å². The van der Waals surface area contributed by atoms with Crippen LogP contribution >= 0.6 is 22.7 Å². The Morgan fingerprint density at radius 1 is 1.35 bits per heavy atom. The molecule has 0 fully saturated rings. The van der Waals surface area contributed by atoms with Crippen LogP contribution in [0.3, 0.4) is 0 Å². The molecule has 2 nitrogen and oxygen atoms in total. The molecule has 86 valence electrons. The molecule has 3 heterocycles. The predicted molar refractivity (Wildman–Crippen MR) is 71.4 cm³/mol. The highest BCUT2D eigenvalue weighted by molar-refractivity contribution is 7.10. The van der Waals surface area contributed by atoms with E-state index in [0.717, 1.165) is 13.0 Å². The molecular formula is C13H12N2S2. The third kappa shape index (κ3) is 1.91. The minimum atomic E-state index is 0.296. The van der Waals surface area contributed by atoms with E-state index in [2.05, 4.69) is 39.9 Å². The van der Waals surface area contributed by atoms with Crippen LogP contribution < -0.4 is 0 Å². The third-order valence-electron chi connectivity index (χ3n) is 3.15. The van der Waals surface area contributed by atoms with Gasteiger partial charge in [-0.2, -0.15) is 5.26 Å². The maximum atomic E-state index is 8.95. The summed E-state index contributed by atoms with van der Waals surface area (Å²) in [4.78, 5) is 5.11. The minimum absolute atomic E-state index is 0.296. The van der Waals surface area contributed by atoms with E-state index in [1.54, 1.807) is 11.3 Å². The summed E-state index contributed by atoms with van der Waals surface area (Å²) >= 11 is 3.62. The summed E-state index contributed by atoms with van der Waals surface area (Å²) in [6, 6.07) is 9.06. The minimum Gasteiger partial charge on any atom is -0.278 e. The number of hydrogen-bond donors (Lipinski definition) is 0. The Morgan fingerprint density at radius 2 is 2.29 bits per heavy atom. The van der Waals surface area contributed by atoms with E-state index < -0.39 is 0 Å². The summed E-state index contributed by atoms with van der Waals surface area (Å²) in [6.07, 6.45) is 1.08. The van der Waals surface area contributed by atoms with Crippen LogP contribution in [-0.4, -0.2) is 18.0 Å². The quantitative estimate of drug-likeness (QED) is 0.775. The molecule has 4 heteroatoms. The van der Waals surface area contributed by atoms with E-state index in [-0.39, 0.29) is 0 Å². The number of nitriles is 1. The lowest BCUT2D eigenvalue weighted by molar-refractivity contribution is 0.245. The zero-order valence-electron chi connectivity index (χ0n) is 9.30. The molecule has 0 bridgehead atoms. The Morgan fingerprint density at radius 3 is 3.06 bits per heavy atom. The molecule has 2 aromatic heterocycles. The molecule has 0 radical (unpaired) electrons. The van der Waals surface area contributed by atoms with Crippen molar-refractivity contribution in [3.05, 3.63) is 44.3 Å². The van der Waals surface area contributed by atoms with Crippen LogP contribution in [0, 0.1) is 11.3 Å². The summed E-state index contributed by atoms with van der Waals surface area (Å²) in [5, 5.41) is 13.2. The van der Waals surface area contributed by atoms with Crippen molar-refractivity contribution < 1.29 is 0 Å². The average molecular weight is 260 g/mol. The third-order valence-corrected chi connectivity index (χ3v) is 5.07. The second-order valence-corrected chi connectivity index (χ2v) is 6.08. The van der Waals surface area contributed by atoms with E-state index in [9.17, 15) is 0 Å². The standard InChI is InChI=1S/C13H12N2S2/c14-5-7-15-6-3-11-10(4-9-17-11)13(15)12-2-1-8-16-12/h1-2,4,8-9,13H,3,6-7H2. The molecule has 2 aromatic rings. The Labute approximate surface area is 109 Å². The highest BCUT2D eigenvalue weighted by Gasteiger charge is 2.29. The van der Waals surface area contributed by atoms with Gasteiger partial charge >= 0.3 is 0 Å². The number of hydrogen-bond acceptors (Lipinski definition) is 4. The van der Waals surface area contributed by atoms with Gasteiger partial charge in [0.25, 0.3) is 0 Å². The normalized spacial score (nSPS) is 19.8. The van der Waals surface area contributed by atoms with E-state index in [1.165, 1.54) is 15.3 Å². The summed E-state index contributed by atoms with van der Waals surface area (Å²) in [5.41, 5.74) is 1.40.